The minimum Gasteiger partial charge on any atom is -0.365 e. The van der Waals surface area contributed by atoms with Gasteiger partial charge in [0.25, 0.3) is 11.8 Å². The van der Waals surface area contributed by atoms with Crippen LogP contribution in [0.4, 0.5) is 0 Å². The van der Waals surface area contributed by atoms with Crippen LogP contribution in [0.5, 0.6) is 0 Å². The third kappa shape index (κ3) is 4.36. The molecule has 0 N–H and O–H groups in total. The molecule has 0 radical (unpaired) electrons. The van der Waals surface area contributed by atoms with Crippen LogP contribution in [-0.2, 0) is 17.9 Å². The highest BCUT2D eigenvalue weighted by molar-refractivity contribution is 6.30. The number of rotatable bonds is 3. The summed E-state index contributed by atoms with van der Waals surface area (Å²) in [5.41, 5.74) is 3.89. The third-order valence-corrected chi connectivity index (χ3v) is 6.45. The minimum atomic E-state index is -0.174. The Morgan fingerprint density at radius 3 is 2.24 bits per heavy atom. The maximum absolute atomic E-state index is 13.1. The topological polar surface area (TPSA) is 80.6 Å². The number of halogens is 1. The van der Waals surface area contributed by atoms with Crippen molar-refractivity contribution in [3.05, 3.63) is 81.6 Å². The number of fused-ring (bicyclic) bond motifs is 1. The average molecular weight is 466 g/mol. The number of benzene rings is 2. The fraction of sp³-hybridized carbons (Fsp3) is 0.333. The lowest BCUT2D eigenvalue weighted by Crippen LogP contribution is -2.50. The largest absolute Gasteiger partial charge is 0.365 e. The van der Waals surface area contributed by atoms with E-state index < -0.39 is 0 Å². The molecule has 170 valence electrons. The van der Waals surface area contributed by atoms with Gasteiger partial charge in [0.05, 0.1) is 18.8 Å². The van der Waals surface area contributed by atoms with Gasteiger partial charge in [-0.3, -0.25) is 9.59 Å². The first-order valence-corrected chi connectivity index (χ1v) is 11.3. The van der Waals surface area contributed by atoms with E-state index in [4.69, 9.17) is 16.3 Å². The van der Waals surface area contributed by atoms with E-state index in [1.54, 1.807) is 38.7 Å². The lowest BCUT2D eigenvalue weighted by molar-refractivity contribution is -0.00203. The maximum atomic E-state index is 13.1. The van der Waals surface area contributed by atoms with E-state index in [0.29, 0.717) is 54.7 Å². The highest BCUT2D eigenvalue weighted by atomic mass is 35.5. The molecule has 33 heavy (non-hydrogen) atoms. The van der Waals surface area contributed by atoms with Gasteiger partial charge in [0, 0.05) is 36.8 Å². The summed E-state index contributed by atoms with van der Waals surface area (Å²) in [5.74, 6) is -0.234. The predicted octanol–water partition coefficient (Wildman–Crippen LogP) is 3.11. The molecule has 2 amide bonds. The zero-order valence-electron chi connectivity index (χ0n) is 18.3. The van der Waals surface area contributed by atoms with Crippen molar-refractivity contribution < 1.29 is 14.3 Å². The van der Waals surface area contributed by atoms with Gasteiger partial charge in [-0.2, -0.15) is 0 Å². The van der Waals surface area contributed by atoms with Crippen LogP contribution in [0.3, 0.4) is 0 Å². The van der Waals surface area contributed by atoms with E-state index in [2.05, 4.69) is 34.6 Å². The number of nitrogens with zero attached hydrogens (tertiary/aromatic N) is 5. The van der Waals surface area contributed by atoms with Crippen LogP contribution in [0.15, 0.2) is 48.5 Å². The number of ether oxygens (including phenoxy) is 1. The summed E-state index contributed by atoms with van der Waals surface area (Å²) < 4.78 is 7.80. The molecule has 1 unspecified atom stereocenters. The van der Waals surface area contributed by atoms with Gasteiger partial charge in [-0.15, -0.1) is 5.10 Å². The van der Waals surface area contributed by atoms with E-state index >= 15 is 0 Å². The quantitative estimate of drug-likeness (QED) is 0.593. The van der Waals surface area contributed by atoms with E-state index in [9.17, 15) is 9.59 Å². The van der Waals surface area contributed by atoms with E-state index in [1.807, 2.05) is 6.92 Å². The molecule has 2 aromatic carbocycles. The first kappa shape index (κ1) is 21.6. The number of piperazine rings is 1. The molecular formula is C24H24ClN5O3. The number of carbonyl (C=O) groups is 2. The zero-order valence-corrected chi connectivity index (χ0v) is 19.0. The summed E-state index contributed by atoms with van der Waals surface area (Å²) in [6.45, 7) is 4.65. The second-order valence-electron chi connectivity index (χ2n) is 8.37. The van der Waals surface area contributed by atoms with Crippen LogP contribution in [0.1, 0.15) is 43.8 Å². The molecule has 1 saturated heterocycles. The summed E-state index contributed by atoms with van der Waals surface area (Å²) in [7, 11) is 0. The molecule has 0 saturated carbocycles. The van der Waals surface area contributed by atoms with Gasteiger partial charge in [-0.25, -0.2) is 4.68 Å². The summed E-state index contributed by atoms with van der Waals surface area (Å²) in [6, 6.07) is 15.1. The fourth-order valence-electron chi connectivity index (χ4n) is 4.20. The summed E-state index contributed by atoms with van der Waals surface area (Å²) >= 11 is 5.91. The fourth-order valence-corrected chi connectivity index (χ4v) is 4.32. The molecular weight excluding hydrogens is 442 g/mol. The van der Waals surface area contributed by atoms with Crippen molar-refractivity contribution in [2.75, 3.05) is 26.2 Å². The van der Waals surface area contributed by atoms with Crippen LogP contribution in [0.25, 0.3) is 0 Å². The average Bonchev–Trinajstić information content (AvgIpc) is 3.27. The number of amides is 2. The number of hydrogen-bond acceptors (Lipinski definition) is 5. The molecule has 1 fully saturated rings. The van der Waals surface area contributed by atoms with Crippen LogP contribution < -0.4 is 0 Å². The molecule has 0 bridgehead atoms. The Kier molecular flexibility index (Phi) is 5.86. The Morgan fingerprint density at radius 2 is 1.58 bits per heavy atom. The molecule has 9 heteroatoms. The van der Waals surface area contributed by atoms with Gasteiger partial charge >= 0.3 is 0 Å². The molecule has 1 atom stereocenters. The smallest absolute Gasteiger partial charge is 0.276 e. The molecule has 2 aliphatic rings. The molecule has 3 heterocycles. The van der Waals surface area contributed by atoms with Crippen LogP contribution in [0.2, 0.25) is 5.02 Å². The summed E-state index contributed by atoms with van der Waals surface area (Å²) in [4.78, 5) is 29.3. The first-order valence-electron chi connectivity index (χ1n) is 10.9. The number of aromatic nitrogens is 3. The highest BCUT2D eigenvalue weighted by Crippen LogP contribution is 2.27. The van der Waals surface area contributed by atoms with Gasteiger partial charge in [0.15, 0.2) is 5.69 Å². The van der Waals surface area contributed by atoms with E-state index in [0.717, 1.165) is 5.56 Å². The van der Waals surface area contributed by atoms with Crippen LogP contribution in [0, 0.1) is 6.92 Å². The molecule has 8 nitrogen and oxygen atoms in total. The highest BCUT2D eigenvalue weighted by Gasteiger charge is 2.32. The Bertz CT molecular complexity index is 1170. The molecule has 0 spiro atoms. The van der Waals surface area contributed by atoms with Crippen molar-refractivity contribution in [1.29, 1.82) is 0 Å². The minimum absolute atomic E-state index is 0.0599. The van der Waals surface area contributed by atoms with Gasteiger partial charge in [-0.1, -0.05) is 46.6 Å². The summed E-state index contributed by atoms with van der Waals surface area (Å²) in [6.07, 6.45) is -0.120. The first-order chi connectivity index (χ1) is 16.0. The Labute approximate surface area is 196 Å². The number of aryl methyl sites for hydroxylation is 1. The SMILES string of the molecule is Cc1ccc(C2Cn3nnc(C(=O)N4CCN(C(=O)c5ccc(Cl)cc5)CC4)c3CO2)cc1. The lowest BCUT2D eigenvalue weighted by atomic mass is 10.1. The van der Waals surface area contributed by atoms with E-state index in [-0.39, 0.29) is 24.5 Å². The summed E-state index contributed by atoms with van der Waals surface area (Å²) in [5, 5.41) is 8.98. The van der Waals surface area contributed by atoms with Crippen molar-refractivity contribution in [2.24, 2.45) is 0 Å². The van der Waals surface area contributed by atoms with Gasteiger partial charge in [-0.05, 0) is 36.8 Å². The molecule has 5 rings (SSSR count). The third-order valence-electron chi connectivity index (χ3n) is 6.19. The second kappa shape index (κ2) is 8.96. The molecule has 1 aromatic heterocycles. The van der Waals surface area contributed by atoms with Crippen molar-refractivity contribution in [2.45, 2.75) is 26.2 Å². The maximum Gasteiger partial charge on any atom is 0.276 e. The lowest BCUT2D eigenvalue weighted by Gasteiger charge is -2.34. The van der Waals surface area contributed by atoms with Crippen LogP contribution in [-0.4, -0.2) is 62.8 Å². The zero-order chi connectivity index (χ0) is 22.9. The molecule has 3 aromatic rings. The van der Waals surface area contributed by atoms with Gasteiger partial charge in [0.1, 0.15) is 6.10 Å². The van der Waals surface area contributed by atoms with Gasteiger partial charge < -0.3 is 14.5 Å². The monoisotopic (exact) mass is 465 g/mol. The predicted molar refractivity (Wildman–Crippen MR) is 122 cm³/mol. The number of hydrogen-bond donors (Lipinski definition) is 0. The van der Waals surface area contributed by atoms with Crippen molar-refractivity contribution >= 4 is 23.4 Å². The van der Waals surface area contributed by atoms with Gasteiger partial charge in [0.2, 0.25) is 0 Å². The van der Waals surface area contributed by atoms with Crippen molar-refractivity contribution in [3.63, 3.8) is 0 Å². The number of carbonyl (C=O) groups excluding carboxylic acids is 2. The normalized spacial score (nSPS) is 18.2. The Hall–Kier alpha value is -3.23. The second-order valence-corrected chi connectivity index (χ2v) is 8.80. The Balaban J connectivity index is 1.22. The van der Waals surface area contributed by atoms with E-state index in [1.165, 1.54) is 5.56 Å². The molecule has 2 aliphatic heterocycles. The standard InChI is InChI=1S/C24H24ClN5O3/c1-16-2-4-17(5-3-16)21-14-30-20(15-33-21)22(26-27-30)24(32)29-12-10-28(11-13-29)23(31)18-6-8-19(25)9-7-18/h2-9,21H,10-15H2,1H3. The molecule has 0 aliphatic carbocycles. The van der Waals surface area contributed by atoms with Crippen LogP contribution >= 0.6 is 11.6 Å². The Morgan fingerprint density at radius 1 is 0.939 bits per heavy atom. The van der Waals surface area contributed by atoms with Crippen molar-refractivity contribution in [1.82, 2.24) is 24.8 Å². The van der Waals surface area contributed by atoms with Crippen molar-refractivity contribution in [3.8, 4) is 0 Å².